The van der Waals surface area contributed by atoms with Crippen LogP contribution in [0, 0.1) is 6.92 Å². The second-order valence-corrected chi connectivity index (χ2v) is 7.56. The molecule has 0 saturated carbocycles. The van der Waals surface area contributed by atoms with Gasteiger partial charge in [-0.3, -0.25) is 9.59 Å². The van der Waals surface area contributed by atoms with Gasteiger partial charge in [0, 0.05) is 16.8 Å². The Morgan fingerprint density at radius 2 is 1.73 bits per heavy atom. The van der Waals surface area contributed by atoms with Gasteiger partial charge in [0.2, 0.25) is 17.0 Å². The average molecular weight is 418 g/mol. The van der Waals surface area contributed by atoms with E-state index in [1.807, 2.05) is 43.3 Å². The van der Waals surface area contributed by atoms with Crippen molar-refractivity contribution in [3.63, 3.8) is 0 Å². The summed E-state index contributed by atoms with van der Waals surface area (Å²) >= 11 is 1.24. The number of anilines is 1. The van der Waals surface area contributed by atoms with Crippen LogP contribution < -0.4 is 11.1 Å². The highest BCUT2D eigenvalue weighted by Crippen LogP contribution is 2.21. The minimum atomic E-state index is -0.514. The molecule has 2 aromatic heterocycles. The van der Waals surface area contributed by atoms with Crippen molar-refractivity contribution >= 4 is 34.9 Å². The number of benzene rings is 2. The van der Waals surface area contributed by atoms with Crippen molar-refractivity contribution in [2.24, 2.45) is 5.73 Å². The maximum Gasteiger partial charge on any atom is 0.248 e. The summed E-state index contributed by atoms with van der Waals surface area (Å²) in [7, 11) is 0. The lowest BCUT2D eigenvalue weighted by molar-refractivity contribution is -0.113. The molecule has 30 heavy (non-hydrogen) atoms. The quantitative estimate of drug-likeness (QED) is 0.465. The molecule has 8 nitrogen and oxygen atoms in total. The summed E-state index contributed by atoms with van der Waals surface area (Å²) in [6, 6.07) is 18.2. The second-order valence-electron chi connectivity index (χ2n) is 6.62. The van der Waals surface area contributed by atoms with E-state index in [1.165, 1.54) is 17.3 Å². The summed E-state index contributed by atoms with van der Waals surface area (Å²) in [5.41, 5.74) is 9.75. The number of primary amides is 1. The van der Waals surface area contributed by atoms with Crippen LogP contribution in [0.15, 0.2) is 65.8 Å². The number of carbonyl (C=O) groups excluding carboxylic acids is 2. The molecule has 3 N–H and O–H groups in total. The van der Waals surface area contributed by atoms with Crippen molar-refractivity contribution in [3.05, 3.63) is 71.8 Å². The molecule has 0 bridgehead atoms. The molecule has 0 radical (unpaired) electrons. The highest BCUT2D eigenvalue weighted by atomic mass is 32.2. The molecule has 0 fully saturated rings. The number of fused-ring (bicyclic) bond motifs is 1. The van der Waals surface area contributed by atoms with Gasteiger partial charge in [0.1, 0.15) is 0 Å². The molecule has 4 aromatic rings. The number of aryl methyl sites for hydroxylation is 1. The predicted octanol–water partition coefficient (Wildman–Crippen LogP) is 2.93. The Morgan fingerprint density at radius 1 is 1.00 bits per heavy atom. The summed E-state index contributed by atoms with van der Waals surface area (Å²) in [4.78, 5) is 23.4. The molecule has 0 spiro atoms. The predicted molar refractivity (Wildman–Crippen MR) is 115 cm³/mol. The summed E-state index contributed by atoms with van der Waals surface area (Å²) < 4.78 is 1.63. The monoisotopic (exact) mass is 418 g/mol. The number of nitrogens with one attached hydrogen (secondary N) is 1. The maximum absolute atomic E-state index is 12.3. The minimum Gasteiger partial charge on any atom is -0.366 e. The van der Waals surface area contributed by atoms with Crippen molar-refractivity contribution in [1.82, 2.24) is 19.8 Å². The maximum atomic E-state index is 12.3. The van der Waals surface area contributed by atoms with Gasteiger partial charge >= 0.3 is 0 Å². The van der Waals surface area contributed by atoms with E-state index in [2.05, 4.69) is 20.6 Å². The third kappa shape index (κ3) is 4.31. The zero-order valence-electron chi connectivity index (χ0n) is 16.1. The number of rotatable bonds is 6. The summed E-state index contributed by atoms with van der Waals surface area (Å²) in [5, 5.41) is 16.2. The Balaban J connectivity index is 1.45. The van der Waals surface area contributed by atoms with Crippen LogP contribution in [0.4, 0.5) is 5.69 Å². The molecular formula is C21H18N6O2S. The van der Waals surface area contributed by atoms with Crippen LogP contribution in [0.25, 0.3) is 16.9 Å². The number of nitrogens with zero attached hydrogens (tertiary/aromatic N) is 4. The van der Waals surface area contributed by atoms with E-state index in [9.17, 15) is 9.59 Å². The smallest absolute Gasteiger partial charge is 0.248 e. The van der Waals surface area contributed by atoms with Crippen molar-refractivity contribution in [2.45, 2.75) is 12.1 Å². The molecule has 150 valence electrons. The molecule has 0 atom stereocenters. The van der Waals surface area contributed by atoms with E-state index in [1.54, 1.807) is 28.8 Å². The van der Waals surface area contributed by atoms with Gasteiger partial charge in [-0.1, -0.05) is 41.6 Å². The standard InChI is InChI=1S/C21H18N6O2S/c1-13-2-4-14(5-3-13)17-10-11-18-24-25-21(27(18)26-17)30-12-19(28)23-16-8-6-15(7-9-16)20(22)29/h2-11H,12H2,1H3,(H2,22,29)(H,23,28). The zero-order valence-corrected chi connectivity index (χ0v) is 16.9. The number of thioether (sulfide) groups is 1. The van der Waals surface area contributed by atoms with Crippen molar-refractivity contribution in [1.29, 1.82) is 0 Å². The molecule has 0 aliphatic carbocycles. The first-order chi connectivity index (χ1) is 14.5. The molecule has 2 heterocycles. The van der Waals surface area contributed by atoms with Gasteiger partial charge in [-0.2, -0.15) is 9.61 Å². The molecule has 2 amide bonds. The molecule has 9 heteroatoms. The first-order valence-corrected chi connectivity index (χ1v) is 10.1. The summed E-state index contributed by atoms with van der Waals surface area (Å²) in [5.74, 6) is -0.590. The van der Waals surface area contributed by atoms with E-state index in [0.717, 1.165) is 11.3 Å². The van der Waals surface area contributed by atoms with Gasteiger partial charge in [0.25, 0.3) is 0 Å². The number of hydrogen-bond donors (Lipinski definition) is 2. The Morgan fingerprint density at radius 3 is 2.43 bits per heavy atom. The Bertz CT molecular complexity index is 1220. The number of nitrogens with two attached hydrogens (primary N) is 1. The number of amides is 2. The second kappa shape index (κ2) is 8.34. The van der Waals surface area contributed by atoms with E-state index in [4.69, 9.17) is 5.73 Å². The molecule has 0 unspecified atom stereocenters. The third-order valence-corrected chi connectivity index (χ3v) is 5.29. The number of aromatic nitrogens is 4. The van der Waals surface area contributed by atoms with Crippen LogP contribution in [-0.2, 0) is 4.79 Å². The SMILES string of the molecule is Cc1ccc(-c2ccc3nnc(SCC(=O)Nc4ccc(C(N)=O)cc4)n3n2)cc1. The summed E-state index contributed by atoms with van der Waals surface area (Å²) in [6.45, 7) is 2.03. The Kier molecular flexibility index (Phi) is 5.44. The van der Waals surface area contributed by atoms with E-state index in [-0.39, 0.29) is 11.7 Å². The van der Waals surface area contributed by atoms with Crippen molar-refractivity contribution < 1.29 is 9.59 Å². The molecule has 2 aromatic carbocycles. The van der Waals surface area contributed by atoms with E-state index in [0.29, 0.717) is 22.1 Å². The van der Waals surface area contributed by atoms with Crippen LogP contribution >= 0.6 is 11.8 Å². The molecule has 0 saturated heterocycles. The fraction of sp³-hybridized carbons (Fsp3) is 0.0952. The first kappa shape index (κ1) is 19.6. The van der Waals surface area contributed by atoms with Crippen LogP contribution in [0.2, 0.25) is 0 Å². The molecule has 0 aliphatic rings. The summed E-state index contributed by atoms with van der Waals surface area (Å²) in [6.07, 6.45) is 0. The third-order valence-electron chi connectivity index (χ3n) is 4.37. The first-order valence-electron chi connectivity index (χ1n) is 9.11. The lowest BCUT2D eigenvalue weighted by Gasteiger charge is -2.06. The highest BCUT2D eigenvalue weighted by Gasteiger charge is 2.12. The van der Waals surface area contributed by atoms with Gasteiger partial charge in [0.05, 0.1) is 11.4 Å². The van der Waals surface area contributed by atoms with Crippen LogP contribution in [0.5, 0.6) is 0 Å². The Labute approximate surface area is 176 Å². The average Bonchev–Trinajstić information content (AvgIpc) is 3.15. The van der Waals surface area contributed by atoms with Crippen LogP contribution in [0.1, 0.15) is 15.9 Å². The van der Waals surface area contributed by atoms with Crippen LogP contribution in [0.3, 0.4) is 0 Å². The lowest BCUT2D eigenvalue weighted by Crippen LogP contribution is -2.15. The topological polar surface area (TPSA) is 115 Å². The van der Waals surface area contributed by atoms with Gasteiger partial charge in [-0.05, 0) is 43.3 Å². The van der Waals surface area contributed by atoms with Crippen molar-refractivity contribution in [3.8, 4) is 11.3 Å². The van der Waals surface area contributed by atoms with Gasteiger partial charge in [-0.25, -0.2) is 0 Å². The van der Waals surface area contributed by atoms with Gasteiger partial charge in [0.15, 0.2) is 5.65 Å². The van der Waals surface area contributed by atoms with Crippen molar-refractivity contribution in [2.75, 3.05) is 11.1 Å². The highest BCUT2D eigenvalue weighted by molar-refractivity contribution is 7.99. The molecule has 0 aliphatic heterocycles. The largest absolute Gasteiger partial charge is 0.366 e. The minimum absolute atomic E-state index is 0.134. The normalized spacial score (nSPS) is 10.8. The fourth-order valence-corrected chi connectivity index (χ4v) is 3.47. The molecular weight excluding hydrogens is 400 g/mol. The zero-order chi connectivity index (χ0) is 21.1. The number of carbonyl (C=O) groups is 2. The van der Waals surface area contributed by atoms with E-state index >= 15 is 0 Å². The fourth-order valence-electron chi connectivity index (χ4n) is 2.78. The Hall–Kier alpha value is -3.72. The number of hydrogen-bond acceptors (Lipinski definition) is 6. The van der Waals surface area contributed by atoms with Gasteiger partial charge < -0.3 is 11.1 Å². The molecule has 4 rings (SSSR count). The van der Waals surface area contributed by atoms with Crippen LogP contribution in [-0.4, -0.2) is 37.4 Å². The van der Waals surface area contributed by atoms with Gasteiger partial charge in [-0.15, -0.1) is 10.2 Å². The van der Waals surface area contributed by atoms with E-state index < -0.39 is 5.91 Å². The lowest BCUT2D eigenvalue weighted by atomic mass is 10.1.